The average Bonchev–Trinajstić information content (AvgIpc) is 2.84. The van der Waals surface area contributed by atoms with Gasteiger partial charge in [-0.2, -0.15) is 15.0 Å². The fourth-order valence-corrected chi connectivity index (χ4v) is 2.14. The third-order valence-electron chi connectivity index (χ3n) is 3.71. The second kappa shape index (κ2) is 4.71. The van der Waals surface area contributed by atoms with E-state index in [-0.39, 0.29) is 0 Å². The molecule has 8 heteroatoms. The van der Waals surface area contributed by atoms with Crippen LogP contribution in [-0.4, -0.2) is 31.0 Å². The summed E-state index contributed by atoms with van der Waals surface area (Å²) < 4.78 is 1.70. The molecule has 4 N–H and O–H groups in total. The quantitative estimate of drug-likeness (QED) is 0.547. The number of rotatable bonds is 5. The van der Waals surface area contributed by atoms with Crippen LogP contribution in [0.15, 0.2) is 18.7 Å². The molecule has 1 atom stereocenters. The van der Waals surface area contributed by atoms with Crippen molar-refractivity contribution in [1.82, 2.24) is 24.5 Å². The van der Waals surface area contributed by atoms with E-state index in [9.17, 15) is 0 Å². The second-order valence-corrected chi connectivity index (χ2v) is 5.67. The van der Waals surface area contributed by atoms with Crippen molar-refractivity contribution < 1.29 is 0 Å². The third kappa shape index (κ3) is 2.55. The Labute approximate surface area is 116 Å². The maximum absolute atomic E-state index is 5.40. The zero-order valence-electron chi connectivity index (χ0n) is 11.5. The normalized spacial score (nSPS) is 19.6. The Kier molecular flexibility index (Phi) is 3.01. The highest BCUT2D eigenvalue weighted by Crippen LogP contribution is 2.51. The van der Waals surface area contributed by atoms with Crippen LogP contribution in [0.2, 0.25) is 0 Å². The largest absolute Gasteiger partial charge is 0.354 e. The molecule has 0 radical (unpaired) electrons. The van der Waals surface area contributed by atoms with Crippen LogP contribution < -0.4 is 16.6 Å². The fraction of sp³-hybridized carbons (Fsp3) is 0.500. The lowest BCUT2D eigenvalue weighted by Gasteiger charge is -2.09. The van der Waals surface area contributed by atoms with E-state index in [1.54, 1.807) is 23.3 Å². The van der Waals surface area contributed by atoms with Gasteiger partial charge < -0.3 is 5.32 Å². The zero-order chi connectivity index (χ0) is 14.2. The molecule has 1 aliphatic carbocycles. The second-order valence-electron chi connectivity index (χ2n) is 5.67. The van der Waals surface area contributed by atoms with Crippen molar-refractivity contribution in [3.8, 4) is 5.95 Å². The van der Waals surface area contributed by atoms with Crippen LogP contribution in [0.5, 0.6) is 0 Å². The number of imidazole rings is 1. The van der Waals surface area contributed by atoms with Crippen LogP contribution in [0.1, 0.15) is 20.3 Å². The van der Waals surface area contributed by atoms with E-state index in [1.807, 2.05) is 0 Å². The highest BCUT2D eigenvalue weighted by Gasteiger charge is 2.45. The van der Waals surface area contributed by atoms with Gasteiger partial charge in [0.1, 0.15) is 6.33 Å². The van der Waals surface area contributed by atoms with Crippen molar-refractivity contribution in [3.05, 3.63) is 18.7 Å². The molecule has 0 aliphatic heterocycles. The Bertz CT molecular complexity index is 592. The number of nitrogen functional groups attached to an aromatic ring is 1. The molecular weight excluding hydrogens is 256 g/mol. The average molecular weight is 274 g/mol. The first kappa shape index (κ1) is 12.8. The number of aromatic nitrogens is 5. The number of hydrogen-bond acceptors (Lipinski definition) is 7. The summed E-state index contributed by atoms with van der Waals surface area (Å²) >= 11 is 0. The van der Waals surface area contributed by atoms with E-state index in [2.05, 4.69) is 44.5 Å². The Morgan fingerprint density at radius 3 is 2.70 bits per heavy atom. The van der Waals surface area contributed by atoms with Crippen molar-refractivity contribution in [2.45, 2.75) is 20.3 Å². The van der Waals surface area contributed by atoms with Crippen LogP contribution in [-0.2, 0) is 0 Å². The molecule has 0 spiro atoms. The number of nitrogens with one attached hydrogen (secondary N) is 2. The number of anilines is 2. The van der Waals surface area contributed by atoms with Crippen molar-refractivity contribution >= 4 is 11.9 Å². The predicted molar refractivity (Wildman–Crippen MR) is 75.1 cm³/mol. The Hall–Kier alpha value is -2.22. The van der Waals surface area contributed by atoms with Gasteiger partial charge in [-0.3, -0.25) is 9.99 Å². The number of hydrazine groups is 1. The van der Waals surface area contributed by atoms with Crippen LogP contribution in [0.25, 0.3) is 5.95 Å². The van der Waals surface area contributed by atoms with E-state index in [0.717, 1.165) is 6.54 Å². The summed E-state index contributed by atoms with van der Waals surface area (Å²) in [6, 6.07) is 0. The van der Waals surface area contributed by atoms with Gasteiger partial charge in [-0.1, -0.05) is 13.8 Å². The predicted octanol–water partition coefficient (Wildman–Crippen LogP) is 0.801. The SMILES string of the molecule is CC1(C)CC1CNc1nc(NN)nc(-n2ccnc2)n1. The topological polar surface area (TPSA) is 107 Å². The van der Waals surface area contributed by atoms with Gasteiger partial charge in [0.25, 0.3) is 0 Å². The summed E-state index contributed by atoms with van der Waals surface area (Å²) in [7, 11) is 0. The Morgan fingerprint density at radius 2 is 2.10 bits per heavy atom. The van der Waals surface area contributed by atoms with E-state index < -0.39 is 0 Å². The molecular formula is C12H18N8. The summed E-state index contributed by atoms with van der Waals surface area (Å²) in [5.74, 6) is 7.36. The molecule has 20 heavy (non-hydrogen) atoms. The van der Waals surface area contributed by atoms with Crippen molar-refractivity contribution in [2.75, 3.05) is 17.3 Å². The van der Waals surface area contributed by atoms with E-state index in [1.165, 1.54) is 6.42 Å². The maximum atomic E-state index is 5.40. The number of hydrogen-bond donors (Lipinski definition) is 3. The van der Waals surface area contributed by atoms with Gasteiger partial charge in [0.2, 0.25) is 17.8 Å². The molecule has 1 unspecified atom stereocenters. The van der Waals surface area contributed by atoms with Gasteiger partial charge >= 0.3 is 0 Å². The summed E-state index contributed by atoms with van der Waals surface area (Å²) in [5.41, 5.74) is 2.87. The van der Waals surface area contributed by atoms with Gasteiger partial charge in [0.15, 0.2) is 0 Å². The lowest BCUT2D eigenvalue weighted by atomic mass is 10.1. The molecule has 0 bridgehead atoms. The maximum Gasteiger partial charge on any atom is 0.243 e. The smallest absolute Gasteiger partial charge is 0.243 e. The first-order valence-electron chi connectivity index (χ1n) is 6.53. The van der Waals surface area contributed by atoms with Crippen LogP contribution in [0.3, 0.4) is 0 Å². The highest BCUT2D eigenvalue weighted by atomic mass is 15.4. The standard InChI is InChI=1S/C12H18N8/c1-12(2)5-8(12)6-15-9-16-10(19-13)18-11(17-9)20-4-3-14-7-20/h3-4,7-8H,5-6,13H2,1-2H3,(H2,15,16,17,18,19). The third-order valence-corrected chi connectivity index (χ3v) is 3.71. The van der Waals surface area contributed by atoms with Crippen molar-refractivity contribution in [3.63, 3.8) is 0 Å². The molecule has 106 valence electrons. The molecule has 0 aromatic carbocycles. The van der Waals surface area contributed by atoms with Gasteiger partial charge in [-0.15, -0.1) is 0 Å². The minimum absolute atomic E-state index is 0.321. The molecule has 3 rings (SSSR count). The first-order valence-corrected chi connectivity index (χ1v) is 6.53. The van der Waals surface area contributed by atoms with Crippen molar-refractivity contribution in [1.29, 1.82) is 0 Å². The lowest BCUT2D eigenvalue weighted by Crippen LogP contribution is -2.17. The molecule has 1 saturated carbocycles. The van der Waals surface area contributed by atoms with Crippen LogP contribution >= 0.6 is 0 Å². The van der Waals surface area contributed by atoms with Crippen LogP contribution in [0, 0.1) is 11.3 Å². The summed E-state index contributed by atoms with van der Waals surface area (Å²) in [6.07, 6.45) is 6.29. The van der Waals surface area contributed by atoms with E-state index in [4.69, 9.17) is 5.84 Å². The minimum atomic E-state index is 0.321. The molecule has 0 amide bonds. The van der Waals surface area contributed by atoms with Gasteiger partial charge in [-0.05, 0) is 17.8 Å². The molecule has 1 aliphatic rings. The molecule has 0 saturated heterocycles. The van der Waals surface area contributed by atoms with E-state index in [0.29, 0.717) is 29.2 Å². The fourth-order valence-electron chi connectivity index (χ4n) is 2.14. The molecule has 2 heterocycles. The zero-order valence-corrected chi connectivity index (χ0v) is 11.5. The van der Waals surface area contributed by atoms with Gasteiger partial charge in [-0.25, -0.2) is 10.8 Å². The summed E-state index contributed by atoms with van der Waals surface area (Å²) in [6.45, 7) is 5.37. The summed E-state index contributed by atoms with van der Waals surface area (Å²) in [5, 5.41) is 3.25. The van der Waals surface area contributed by atoms with Gasteiger partial charge in [0, 0.05) is 18.9 Å². The molecule has 8 nitrogen and oxygen atoms in total. The van der Waals surface area contributed by atoms with E-state index >= 15 is 0 Å². The lowest BCUT2D eigenvalue weighted by molar-refractivity contribution is 0.572. The molecule has 1 fully saturated rings. The molecule has 2 aromatic heterocycles. The van der Waals surface area contributed by atoms with Crippen molar-refractivity contribution in [2.24, 2.45) is 17.2 Å². The number of nitrogens with two attached hydrogens (primary N) is 1. The van der Waals surface area contributed by atoms with Crippen LogP contribution in [0.4, 0.5) is 11.9 Å². The Balaban J connectivity index is 1.78. The minimum Gasteiger partial charge on any atom is -0.354 e. The highest BCUT2D eigenvalue weighted by molar-refractivity contribution is 5.37. The summed E-state index contributed by atoms with van der Waals surface area (Å²) in [4.78, 5) is 16.7. The number of nitrogens with zero attached hydrogens (tertiary/aromatic N) is 5. The molecule has 2 aromatic rings. The monoisotopic (exact) mass is 274 g/mol. The Morgan fingerprint density at radius 1 is 1.35 bits per heavy atom. The first-order chi connectivity index (χ1) is 9.58. The van der Waals surface area contributed by atoms with Gasteiger partial charge in [0.05, 0.1) is 0 Å².